The van der Waals surface area contributed by atoms with Crippen LogP contribution in [0.3, 0.4) is 0 Å². The van der Waals surface area contributed by atoms with Crippen LogP contribution >= 0.6 is 11.6 Å². The van der Waals surface area contributed by atoms with Gasteiger partial charge in [-0.1, -0.05) is 53.2 Å². The summed E-state index contributed by atoms with van der Waals surface area (Å²) in [7, 11) is 1.57. The Morgan fingerprint density at radius 2 is 1.74 bits per heavy atom. The molecule has 0 aliphatic rings. The Morgan fingerprint density at radius 1 is 0.968 bits per heavy atom. The third-order valence-electron chi connectivity index (χ3n) is 4.85. The smallest absolute Gasteiger partial charge is 0.279 e. The van der Waals surface area contributed by atoms with E-state index in [2.05, 4.69) is 15.2 Å². The molecule has 0 N–H and O–H groups in total. The van der Waals surface area contributed by atoms with E-state index in [1.165, 1.54) is 4.68 Å². The monoisotopic (exact) mass is 430 g/mol. The number of rotatable bonds is 4. The summed E-state index contributed by atoms with van der Waals surface area (Å²) in [6.07, 6.45) is 0. The number of methoxy groups -OCH3 is 1. The number of fused-ring (bicyclic) bond motifs is 1. The maximum atomic E-state index is 13.2. The number of nitrogens with zero attached hydrogens (tertiary/aromatic N) is 4. The second-order valence-corrected chi connectivity index (χ2v) is 7.12. The Morgan fingerprint density at radius 3 is 2.55 bits per heavy atom. The molecule has 0 unspecified atom stereocenters. The molecule has 0 atom stereocenters. The van der Waals surface area contributed by atoms with Gasteiger partial charge in [-0.15, -0.1) is 0 Å². The SMILES string of the molecule is COc1cccc(-n2nc(-c3nc(-c4ccccc4Cl)no3)c3ccccc3c2=O)c1. The molecule has 0 aliphatic heterocycles. The largest absolute Gasteiger partial charge is 0.497 e. The zero-order valence-corrected chi connectivity index (χ0v) is 17.1. The first-order valence-corrected chi connectivity index (χ1v) is 9.79. The van der Waals surface area contributed by atoms with Crippen molar-refractivity contribution >= 4 is 22.4 Å². The highest BCUT2D eigenvalue weighted by molar-refractivity contribution is 6.33. The third-order valence-corrected chi connectivity index (χ3v) is 5.18. The number of halogens is 1. The van der Waals surface area contributed by atoms with Crippen LogP contribution in [0.5, 0.6) is 5.75 Å². The fraction of sp³-hybridized carbons (Fsp3) is 0.0435. The maximum Gasteiger partial charge on any atom is 0.279 e. The summed E-state index contributed by atoms with van der Waals surface area (Å²) in [6, 6.07) is 21.5. The van der Waals surface area contributed by atoms with Crippen molar-refractivity contribution in [3.8, 4) is 34.4 Å². The van der Waals surface area contributed by atoms with Crippen LogP contribution in [0.2, 0.25) is 5.02 Å². The molecule has 0 saturated heterocycles. The van der Waals surface area contributed by atoms with Gasteiger partial charge in [0.25, 0.3) is 11.4 Å². The molecule has 5 aromatic rings. The van der Waals surface area contributed by atoms with Crippen LogP contribution in [-0.2, 0) is 0 Å². The Hall–Kier alpha value is -3.97. The fourth-order valence-electron chi connectivity index (χ4n) is 3.34. The predicted octanol–water partition coefficient (Wildman–Crippen LogP) is 4.76. The fourth-order valence-corrected chi connectivity index (χ4v) is 3.56. The Bertz CT molecular complexity index is 1480. The van der Waals surface area contributed by atoms with E-state index in [1.807, 2.05) is 18.2 Å². The molecule has 0 fully saturated rings. The molecule has 8 heteroatoms. The average molecular weight is 431 g/mol. The van der Waals surface area contributed by atoms with E-state index in [0.717, 1.165) is 0 Å². The van der Waals surface area contributed by atoms with Crippen LogP contribution in [-0.4, -0.2) is 27.0 Å². The van der Waals surface area contributed by atoms with Gasteiger partial charge in [0.2, 0.25) is 5.82 Å². The van der Waals surface area contributed by atoms with Crippen molar-refractivity contribution in [2.75, 3.05) is 7.11 Å². The first kappa shape index (κ1) is 19.0. The van der Waals surface area contributed by atoms with Crippen LogP contribution in [0.1, 0.15) is 0 Å². The molecular formula is C23H15ClN4O3. The molecule has 7 nitrogen and oxygen atoms in total. The molecule has 0 aliphatic carbocycles. The Labute approximate surface area is 181 Å². The molecule has 0 saturated carbocycles. The Balaban J connectivity index is 1.73. The first-order valence-electron chi connectivity index (χ1n) is 9.41. The molecule has 31 heavy (non-hydrogen) atoms. The summed E-state index contributed by atoms with van der Waals surface area (Å²) < 4.78 is 12.1. The number of aromatic nitrogens is 4. The van der Waals surface area contributed by atoms with Crippen molar-refractivity contribution in [2.45, 2.75) is 0 Å². The number of benzene rings is 3. The number of hydrogen-bond donors (Lipinski definition) is 0. The van der Waals surface area contributed by atoms with Crippen molar-refractivity contribution in [3.05, 3.63) is 88.2 Å². The lowest BCUT2D eigenvalue weighted by molar-refractivity contribution is 0.414. The van der Waals surface area contributed by atoms with E-state index in [1.54, 1.807) is 61.7 Å². The average Bonchev–Trinajstić information content (AvgIpc) is 3.29. The minimum atomic E-state index is -0.265. The molecule has 5 rings (SSSR count). The summed E-state index contributed by atoms with van der Waals surface area (Å²) in [5, 5.41) is 10.2. The van der Waals surface area contributed by atoms with Crippen molar-refractivity contribution in [2.24, 2.45) is 0 Å². The van der Waals surface area contributed by atoms with Crippen LogP contribution < -0.4 is 10.3 Å². The maximum absolute atomic E-state index is 13.2. The van der Waals surface area contributed by atoms with Crippen LogP contribution in [0.25, 0.3) is 39.4 Å². The van der Waals surface area contributed by atoms with E-state index in [0.29, 0.717) is 44.3 Å². The molecule has 3 aromatic carbocycles. The topological polar surface area (TPSA) is 83.0 Å². The Kier molecular flexibility index (Phi) is 4.72. The normalized spacial score (nSPS) is 11.0. The van der Waals surface area contributed by atoms with Crippen LogP contribution in [0.15, 0.2) is 82.1 Å². The minimum absolute atomic E-state index is 0.183. The molecular weight excluding hydrogens is 416 g/mol. The second kappa shape index (κ2) is 7.70. The van der Waals surface area contributed by atoms with Gasteiger partial charge in [0, 0.05) is 17.0 Å². The van der Waals surface area contributed by atoms with Crippen molar-refractivity contribution in [3.63, 3.8) is 0 Å². The van der Waals surface area contributed by atoms with Gasteiger partial charge >= 0.3 is 0 Å². The van der Waals surface area contributed by atoms with Gasteiger partial charge in [0.15, 0.2) is 5.69 Å². The zero-order valence-electron chi connectivity index (χ0n) is 16.3. The summed E-state index contributed by atoms with van der Waals surface area (Å²) in [5.74, 6) is 1.13. The summed E-state index contributed by atoms with van der Waals surface area (Å²) in [4.78, 5) is 17.7. The summed E-state index contributed by atoms with van der Waals surface area (Å²) in [5.41, 5.74) is 1.33. The highest BCUT2D eigenvalue weighted by Gasteiger charge is 2.19. The van der Waals surface area contributed by atoms with Gasteiger partial charge < -0.3 is 9.26 Å². The number of hydrogen-bond acceptors (Lipinski definition) is 6. The molecule has 2 aromatic heterocycles. The third kappa shape index (κ3) is 3.35. The van der Waals surface area contributed by atoms with Gasteiger partial charge in [0.05, 0.1) is 23.2 Å². The summed E-state index contributed by atoms with van der Waals surface area (Å²) in [6.45, 7) is 0. The predicted molar refractivity (Wildman–Crippen MR) is 118 cm³/mol. The first-order chi connectivity index (χ1) is 15.2. The minimum Gasteiger partial charge on any atom is -0.497 e. The van der Waals surface area contributed by atoms with Gasteiger partial charge in [-0.3, -0.25) is 4.79 Å². The lowest BCUT2D eigenvalue weighted by Crippen LogP contribution is -2.22. The molecule has 0 bridgehead atoms. The second-order valence-electron chi connectivity index (χ2n) is 6.72. The number of ether oxygens (including phenoxy) is 1. The van der Waals surface area contributed by atoms with E-state index < -0.39 is 0 Å². The van der Waals surface area contributed by atoms with E-state index in [-0.39, 0.29) is 11.4 Å². The summed E-state index contributed by atoms with van der Waals surface area (Å²) >= 11 is 6.27. The van der Waals surface area contributed by atoms with Gasteiger partial charge in [-0.2, -0.15) is 14.8 Å². The highest BCUT2D eigenvalue weighted by atomic mass is 35.5. The molecule has 152 valence electrons. The molecule has 0 radical (unpaired) electrons. The van der Waals surface area contributed by atoms with Gasteiger partial charge in [-0.05, 0) is 30.3 Å². The van der Waals surface area contributed by atoms with E-state index >= 15 is 0 Å². The van der Waals surface area contributed by atoms with Crippen molar-refractivity contribution in [1.82, 2.24) is 19.9 Å². The zero-order chi connectivity index (χ0) is 21.4. The highest BCUT2D eigenvalue weighted by Crippen LogP contribution is 2.29. The van der Waals surface area contributed by atoms with Crippen molar-refractivity contribution < 1.29 is 9.26 Å². The molecule has 0 spiro atoms. The van der Waals surface area contributed by atoms with E-state index in [4.69, 9.17) is 20.9 Å². The van der Waals surface area contributed by atoms with Crippen LogP contribution in [0.4, 0.5) is 0 Å². The molecule has 2 heterocycles. The quantitative estimate of drug-likeness (QED) is 0.408. The standard InChI is InChI=1S/C23H15ClN4O3/c1-30-15-8-6-7-14(13-15)28-23(29)17-10-3-2-9-16(17)20(26-28)22-25-21(27-31-22)18-11-4-5-12-19(18)24/h2-13H,1H3. The van der Waals surface area contributed by atoms with E-state index in [9.17, 15) is 4.79 Å². The van der Waals surface area contributed by atoms with Crippen LogP contribution in [0, 0.1) is 0 Å². The molecule has 0 amide bonds. The van der Waals surface area contributed by atoms with Gasteiger partial charge in [-0.25, -0.2) is 0 Å². The lowest BCUT2D eigenvalue weighted by atomic mass is 10.1. The van der Waals surface area contributed by atoms with Crippen molar-refractivity contribution in [1.29, 1.82) is 0 Å². The lowest BCUT2D eigenvalue weighted by Gasteiger charge is -2.10. The van der Waals surface area contributed by atoms with Gasteiger partial charge in [0.1, 0.15) is 5.75 Å².